The Morgan fingerprint density at radius 2 is 1.77 bits per heavy atom. The van der Waals surface area contributed by atoms with Crippen molar-refractivity contribution in [3.8, 4) is 0 Å². The highest BCUT2D eigenvalue weighted by Gasteiger charge is 2.36. The molecule has 0 atom stereocenters. The van der Waals surface area contributed by atoms with Gasteiger partial charge in [0, 0.05) is 24.2 Å². The van der Waals surface area contributed by atoms with Crippen LogP contribution < -0.4 is 15.5 Å². The van der Waals surface area contributed by atoms with Crippen molar-refractivity contribution in [3.05, 3.63) is 53.6 Å². The van der Waals surface area contributed by atoms with E-state index in [2.05, 4.69) is 0 Å². The molecule has 2 aromatic carbocycles. The standard InChI is InChI=1S/C21H20F3N3O4/c1-2-31-19(29)12-27-17-11-14(21(22,23)24)5-8-16(17)26(10-9-18(27)28)20(30)13-3-6-15(25)7-4-13/h3-8,11H,2,9-10,12,25H2,1H3. The third-order valence-corrected chi connectivity index (χ3v) is 4.73. The molecule has 164 valence electrons. The number of hydrogen-bond donors (Lipinski definition) is 1. The molecule has 0 spiro atoms. The lowest BCUT2D eigenvalue weighted by atomic mass is 10.1. The van der Waals surface area contributed by atoms with Gasteiger partial charge in [-0.25, -0.2) is 0 Å². The summed E-state index contributed by atoms with van der Waals surface area (Å²) in [5.41, 5.74) is 5.24. The number of ether oxygens (including phenoxy) is 1. The summed E-state index contributed by atoms with van der Waals surface area (Å²) in [5, 5.41) is 0. The first-order valence-corrected chi connectivity index (χ1v) is 9.46. The van der Waals surface area contributed by atoms with Crippen molar-refractivity contribution in [1.82, 2.24) is 0 Å². The number of nitrogens with zero attached hydrogens (tertiary/aromatic N) is 2. The quantitative estimate of drug-likeness (QED) is 0.588. The van der Waals surface area contributed by atoms with Crippen LogP contribution in [0.5, 0.6) is 0 Å². The number of carbonyl (C=O) groups excluding carboxylic acids is 3. The molecule has 1 heterocycles. The average molecular weight is 435 g/mol. The highest BCUT2D eigenvalue weighted by Crippen LogP contribution is 2.39. The molecule has 0 bridgehead atoms. The Kier molecular flexibility index (Phi) is 6.19. The van der Waals surface area contributed by atoms with Crippen LogP contribution in [0.4, 0.5) is 30.2 Å². The van der Waals surface area contributed by atoms with E-state index in [1.165, 1.54) is 29.2 Å². The van der Waals surface area contributed by atoms with Crippen LogP contribution in [0.3, 0.4) is 0 Å². The van der Waals surface area contributed by atoms with Crippen LogP contribution in [0.15, 0.2) is 42.5 Å². The Bertz CT molecular complexity index is 1010. The van der Waals surface area contributed by atoms with Gasteiger partial charge < -0.3 is 15.4 Å². The molecule has 1 aliphatic heterocycles. The van der Waals surface area contributed by atoms with Crippen molar-refractivity contribution in [2.24, 2.45) is 0 Å². The monoisotopic (exact) mass is 435 g/mol. The van der Waals surface area contributed by atoms with Crippen molar-refractivity contribution in [2.45, 2.75) is 19.5 Å². The third kappa shape index (κ3) is 4.79. The molecule has 0 aromatic heterocycles. The van der Waals surface area contributed by atoms with Gasteiger partial charge in [-0.3, -0.25) is 19.3 Å². The number of carbonyl (C=O) groups is 3. The first-order valence-electron chi connectivity index (χ1n) is 9.46. The smallest absolute Gasteiger partial charge is 0.416 e. The lowest BCUT2D eigenvalue weighted by molar-refractivity contribution is -0.142. The summed E-state index contributed by atoms with van der Waals surface area (Å²) < 4.78 is 44.9. The van der Waals surface area contributed by atoms with Gasteiger partial charge in [0.05, 0.1) is 23.5 Å². The summed E-state index contributed by atoms with van der Waals surface area (Å²) in [6, 6.07) is 8.76. The van der Waals surface area contributed by atoms with Gasteiger partial charge in [-0.15, -0.1) is 0 Å². The Labute approximate surface area is 176 Å². The summed E-state index contributed by atoms with van der Waals surface area (Å²) >= 11 is 0. The van der Waals surface area contributed by atoms with Crippen LogP contribution in [0.25, 0.3) is 0 Å². The van der Waals surface area contributed by atoms with Gasteiger partial charge in [-0.2, -0.15) is 13.2 Å². The Morgan fingerprint density at radius 3 is 2.39 bits per heavy atom. The van der Waals surface area contributed by atoms with Crippen LogP contribution >= 0.6 is 0 Å². The number of esters is 1. The second-order valence-corrected chi connectivity index (χ2v) is 6.81. The molecule has 2 N–H and O–H groups in total. The molecule has 0 saturated carbocycles. The fourth-order valence-electron chi connectivity index (χ4n) is 3.24. The van der Waals surface area contributed by atoms with Gasteiger partial charge in [0.15, 0.2) is 0 Å². The summed E-state index contributed by atoms with van der Waals surface area (Å²) in [4.78, 5) is 40.0. The van der Waals surface area contributed by atoms with Crippen LogP contribution in [0.1, 0.15) is 29.3 Å². The maximum Gasteiger partial charge on any atom is 0.416 e. The maximum atomic E-state index is 13.3. The number of nitrogen functional groups attached to an aromatic ring is 1. The SMILES string of the molecule is CCOC(=O)CN1C(=O)CCN(C(=O)c2ccc(N)cc2)c2ccc(C(F)(F)F)cc21. The highest BCUT2D eigenvalue weighted by atomic mass is 19.4. The van der Waals surface area contributed by atoms with E-state index in [9.17, 15) is 27.6 Å². The van der Waals surface area contributed by atoms with Gasteiger partial charge in [0.2, 0.25) is 5.91 Å². The lowest BCUT2D eigenvalue weighted by Gasteiger charge is -2.26. The molecular weight excluding hydrogens is 415 g/mol. The lowest BCUT2D eigenvalue weighted by Crippen LogP contribution is -2.36. The fourth-order valence-corrected chi connectivity index (χ4v) is 3.24. The van der Waals surface area contributed by atoms with Crippen molar-refractivity contribution in [2.75, 3.05) is 35.2 Å². The Hall–Kier alpha value is -3.56. The third-order valence-electron chi connectivity index (χ3n) is 4.73. The topological polar surface area (TPSA) is 92.9 Å². The number of amides is 2. The Morgan fingerprint density at radius 1 is 1.10 bits per heavy atom. The zero-order valence-corrected chi connectivity index (χ0v) is 16.6. The van der Waals surface area contributed by atoms with E-state index in [-0.39, 0.29) is 36.5 Å². The summed E-state index contributed by atoms with van der Waals surface area (Å²) in [6.07, 6.45) is -4.86. The Balaban J connectivity index is 2.10. The minimum atomic E-state index is -4.67. The molecule has 1 aliphatic rings. The molecule has 0 saturated heterocycles. The minimum absolute atomic E-state index is 0.0536. The van der Waals surface area contributed by atoms with Gasteiger partial charge in [0.1, 0.15) is 6.54 Å². The summed E-state index contributed by atoms with van der Waals surface area (Å²) in [6.45, 7) is 0.994. The van der Waals surface area contributed by atoms with Crippen molar-refractivity contribution in [3.63, 3.8) is 0 Å². The van der Waals surface area contributed by atoms with Gasteiger partial charge in [-0.05, 0) is 49.4 Å². The summed E-state index contributed by atoms with van der Waals surface area (Å²) in [7, 11) is 0. The van der Waals surface area contributed by atoms with Gasteiger partial charge >= 0.3 is 12.1 Å². The van der Waals surface area contributed by atoms with Crippen LogP contribution in [0.2, 0.25) is 0 Å². The van der Waals surface area contributed by atoms with Gasteiger partial charge in [-0.1, -0.05) is 0 Å². The molecule has 2 aromatic rings. The molecule has 0 aliphatic carbocycles. The fraction of sp³-hybridized carbons (Fsp3) is 0.286. The van der Waals surface area contributed by atoms with E-state index in [0.29, 0.717) is 5.69 Å². The first-order chi connectivity index (χ1) is 14.6. The molecule has 0 fully saturated rings. The number of benzene rings is 2. The number of halogens is 3. The predicted molar refractivity (Wildman–Crippen MR) is 108 cm³/mol. The van der Waals surface area contributed by atoms with E-state index >= 15 is 0 Å². The molecular formula is C21H20F3N3O4. The maximum absolute atomic E-state index is 13.3. The number of fused-ring (bicyclic) bond motifs is 1. The number of hydrogen-bond acceptors (Lipinski definition) is 5. The van der Waals surface area contributed by atoms with E-state index < -0.39 is 36.1 Å². The number of nitrogens with two attached hydrogens (primary N) is 1. The van der Waals surface area contributed by atoms with Crippen molar-refractivity contribution >= 4 is 34.8 Å². The van der Waals surface area contributed by atoms with Crippen molar-refractivity contribution in [1.29, 1.82) is 0 Å². The minimum Gasteiger partial charge on any atom is -0.465 e. The van der Waals surface area contributed by atoms with Crippen LogP contribution in [0, 0.1) is 0 Å². The number of anilines is 3. The van der Waals surface area contributed by atoms with E-state index in [0.717, 1.165) is 23.1 Å². The zero-order valence-electron chi connectivity index (χ0n) is 16.6. The second kappa shape index (κ2) is 8.66. The molecule has 2 amide bonds. The average Bonchev–Trinajstić information content (AvgIpc) is 2.84. The molecule has 0 unspecified atom stereocenters. The second-order valence-electron chi connectivity index (χ2n) is 6.81. The van der Waals surface area contributed by atoms with Crippen molar-refractivity contribution < 1.29 is 32.3 Å². The van der Waals surface area contributed by atoms with E-state index in [1.54, 1.807) is 6.92 Å². The molecule has 31 heavy (non-hydrogen) atoms. The van der Waals surface area contributed by atoms with E-state index in [4.69, 9.17) is 10.5 Å². The zero-order chi connectivity index (χ0) is 22.8. The number of alkyl halides is 3. The molecule has 0 radical (unpaired) electrons. The molecule has 7 nitrogen and oxygen atoms in total. The van der Waals surface area contributed by atoms with Crippen LogP contribution in [-0.2, 0) is 20.5 Å². The number of rotatable bonds is 4. The largest absolute Gasteiger partial charge is 0.465 e. The summed E-state index contributed by atoms with van der Waals surface area (Å²) in [5.74, 6) is -1.87. The molecule has 3 rings (SSSR count). The highest BCUT2D eigenvalue weighted by molar-refractivity contribution is 6.12. The predicted octanol–water partition coefficient (Wildman–Crippen LogP) is 3.23. The normalized spacial score (nSPS) is 14.1. The van der Waals surface area contributed by atoms with Gasteiger partial charge in [0.25, 0.3) is 5.91 Å². The van der Waals surface area contributed by atoms with E-state index in [1.807, 2.05) is 0 Å². The first kappa shape index (κ1) is 22.1. The van der Waals surface area contributed by atoms with Crippen LogP contribution in [-0.4, -0.2) is 37.5 Å². The molecule has 10 heteroatoms.